The number of nitriles is 1. The number of rotatable bonds is 2. The van der Waals surface area contributed by atoms with Crippen molar-refractivity contribution in [3.63, 3.8) is 0 Å². The molecule has 3 fully saturated rings. The molecule has 2 heterocycles. The van der Waals surface area contributed by atoms with Crippen molar-refractivity contribution in [2.75, 3.05) is 19.6 Å². The molecule has 0 spiro atoms. The van der Waals surface area contributed by atoms with Crippen LogP contribution in [0, 0.1) is 28.6 Å². The van der Waals surface area contributed by atoms with E-state index in [0.717, 1.165) is 64.1 Å². The summed E-state index contributed by atoms with van der Waals surface area (Å²) < 4.78 is 0. The molecule has 1 N–H and O–H groups in total. The van der Waals surface area contributed by atoms with Gasteiger partial charge >= 0.3 is 0 Å². The van der Waals surface area contributed by atoms with Crippen LogP contribution in [0.1, 0.15) is 51.9 Å². The predicted molar refractivity (Wildman–Crippen MR) is 74.4 cm³/mol. The van der Waals surface area contributed by atoms with Gasteiger partial charge in [-0.05, 0) is 51.0 Å². The molecule has 3 unspecified atom stereocenters. The minimum atomic E-state index is -0.715. The van der Waals surface area contributed by atoms with Crippen molar-refractivity contribution in [2.45, 2.75) is 57.5 Å². The molecule has 0 aromatic heterocycles. The third-order valence-electron chi connectivity index (χ3n) is 6.34. The first kappa shape index (κ1) is 13.4. The predicted octanol–water partition coefficient (Wildman–Crippen LogP) is 2.55. The Bertz CT molecular complexity index is 381. The molecule has 3 nitrogen and oxygen atoms in total. The van der Waals surface area contributed by atoms with E-state index in [4.69, 9.17) is 0 Å². The van der Waals surface area contributed by atoms with Crippen LogP contribution in [-0.4, -0.2) is 35.2 Å². The molecule has 3 aliphatic rings. The Hall–Kier alpha value is -0.590. The van der Waals surface area contributed by atoms with E-state index < -0.39 is 11.0 Å². The summed E-state index contributed by atoms with van der Waals surface area (Å²) in [6.07, 6.45) is 7.19. The van der Waals surface area contributed by atoms with E-state index >= 15 is 0 Å². The van der Waals surface area contributed by atoms with Crippen LogP contribution < -0.4 is 0 Å². The molecule has 2 aliphatic heterocycles. The number of hydrogen-bond acceptors (Lipinski definition) is 3. The lowest BCUT2D eigenvalue weighted by Gasteiger charge is -2.51. The first-order valence-electron chi connectivity index (χ1n) is 7.99. The number of aliphatic hydroxyl groups is 1. The van der Waals surface area contributed by atoms with Gasteiger partial charge in [-0.3, -0.25) is 0 Å². The average Bonchev–Trinajstić information content (AvgIpc) is 2.88. The van der Waals surface area contributed by atoms with Gasteiger partial charge in [-0.2, -0.15) is 5.26 Å². The molecule has 2 saturated heterocycles. The topological polar surface area (TPSA) is 47.3 Å². The van der Waals surface area contributed by atoms with Gasteiger partial charge in [0.05, 0.1) is 17.1 Å². The molecule has 19 heavy (non-hydrogen) atoms. The van der Waals surface area contributed by atoms with Crippen molar-refractivity contribution in [2.24, 2.45) is 17.3 Å². The maximum Gasteiger partial charge on any atom is 0.0886 e. The highest BCUT2D eigenvalue weighted by atomic mass is 16.3. The van der Waals surface area contributed by atoms with Crippen LogP contribution in [-0.2, 0) is 0 Å². The summed E-state index contributed by atoms with van der Waals surface area (Å²) in [7, 11) is 0. The molecule has 1 saturated carbocycles. The largest absolute Gasteiger partial charge is 0.388 e. The van der Waals surface area contributed by atoms with Crippen molar-refractivity contribution in [3.8, 4) is 6.07 Å². The summed E-state index contributed by atoms with van der Waals surface area (Å²) in [5.41, 5.74) is -1.17. The average molecular weight is 262 g/mol. The lowest BCUT2D eigenvalue weighted by atomic mass is 9.56. The number of hydrogen-bond donors (Lipinski definition) is 1. The highest BCUT2D eigenvalue weighted by molar-refractivity contribution is 5.17. The normalized spacial score (nSPS) is 49.8. The third kappa shape index (κ3) is 1.92. The molecular formula is C16H26N2O. The Morgan fingerprint density at radius 3 is 2.58 bits per heavy atom. The molecule has 0 radical (unpaired) electrons. The van der Waals surface area contributed by atoms with E-state index in [-0.39, 0.29) is 0 Å². The van der Waals surface area contributed by atoms with Gasteiger partial charge < -0.3 is 10.0 Å². The molecular weight excluding hydrogens is 236 g/mol. The second-order valence-electron chi connectivity index (χ2n) is 7.01. The lowest BCUT2D eigenvalue weighted by Crippen LogP contribution is -2.58. The molecule has 0 aromatic rings. The summed E-state index contributed by atoms with van der Waals surface area (Å²) in [5.74, 6) is 1.10. The van der Waals surface area contributed by atoms with E-state index in [2.05, 4.69) is 17.9 Å². The maximum atomic E-state index is 11.3. The number of fused-ring (bicyclic) bond motifs is 2. The van der Waals surface area contributed by atoms with Gasteiger partial charge in [0.15, 0.2) is 0 Å². The third-order valence-corrected chi connectivity index (χ3v) is 6.34. The van der Waals surface area contributed by atoms with Crippen LogP contribution in [0.15, 0.2) is 0 Å². The minimum absolute atomic E-state index is 0.332. The van der Waals surface area contributed by atoms with Gasteiger partial charge in [0, 0.05) is 19.0 Å². The fourth-order valence-corrected chi connectivity index (χ4v) is 4.81. The van der Waals surface area contributed by atoms with Gasteiger partial charge in [-0.25, -0.2) is 0 Å². The van der Waals surface area contributed by atoms with Gasteiger partial charge in [0.25, 0.3) is 0 Å². The van der Waals surface area contributed by atoms with Crippen LogP contribution in [0.2, 0.25) is 0 Å². The highest BCUT2D eigenvalue weighted by Gasteiger charge is 2.58. The second kappa shape index (κ2) is 4.75. The van der Waals surface area contributed by atoms with E-state index in [9.17, 15) is 10.4 Å². The van der Waals surface area contributed by atoms with E-state index in [0.29, 0.717) is 5.92 Å². The van der Waals surface area contributed by atoms with Crippen molar-refractivity contribution in [1.82, 2.24) is 4.90 Å². The fourth-order valence-electron chi connectivity index (χ4n) is 4.81. The molecule has 1 aliphatic carbocycles. The summed E-state index contributed by atoms with van der Waals surface area (Å²) >= 11 is 0. The fraction of sp³-hybridized carbons (Fsp3) is 0.938. The summed E-state index contributed by atoms with van der Waals surface area (Å²) in [6.45, 7) is 5.35. The van der Waals surface area contributed by atoms with Crippen LogP contribution >= 0.6 is 0 Å². The Morgan fingerprint density at radius 2 is 1.95 bits per heavy atom. The van der Waals surface area contributed by atoms with Crippen molar-refractivity contribution >= 4 is 0 Å². The van der Waals surface area contributed by atoms with Crippen molar-refractivity contribution < 1.29 is 5.11 Å². The Balaban J connectivity index is 1.84. The Kier molecular flexibility index (Phi) is 3.35. The maximum absolute atomic E-state index is 11.3. The first-order valence-corrected chi connectivity index (χ1v) is 7.99. The van der Waals surface area contributed by atoms with Crippen LogP contribution in [0.3, 0.4) is 0 Å². The van der Waals surface area contributed by atoms with Gasteiger partial charge in [0.1, 0.15) is 0 Å². The van der Waals surface area contributed by atoms with Gasteiger partial charge in [-0.1, -0.05) is 13.3 Å². The van der Waals surface area contributed by atoms with Gasteiger partial charge in [-0.15, -0.1) is 0 Å². The molecule has 3 atom stereocenters. The molecule has 3 heteroatoms. The molecule has 2 bridgehead atoms. The van der Waals surface area contributed by atoms with Crippen LogP contribution in [0.25, 0.3) is 0 Å². The highest BCUT2D eigenvalue weighted by Crippen LogP contribution is 2.54. The van der Waals surface area contributed by atoms with Gasteiger partial charge in [0.2, 0.25) is 0 Å². The summed E-state index contributed by atoms with van der Waals surface area (Å²) in [6, 6.07) is 2.59. The monoisotopic (exact) mass is 262 g/mol. The number of nitrogens with zero attached hydrogens (tertiary/aromatic N) is 2. The smallest absolute Gasteiger partial charge is 0.0886 e. The Labute approximate surface area is 116 Å². The van der Waals surface area contributed by atoms with E-state index in [1.54, 1.807) is 0 Å². The zero-order valence-electron chi connectivity index (χ0n) is 12.1. The summed E-state index contributed by atoms with van der Waals surface area (Å²) in [5, 5.41) is 21.2. The molecule has 3 rings (SSSR count). The zero-order valence-corrected chi connectivity index (χ0v) is 12.1. The molecule has 106 valence electrons. The Morgan fingerprint density at radius 1 is 1.21 bits per heavy atom. The summed E-state index contributed by atoms with van der Waals surface area (Å²) in [4.78, 5) is 2.45. The lowest BCUT2D eigenvalue weighted by molar-refractivity contribution is -0.136. The zero-order chi connectivity index (χ0) is 13.5. The van der Waals surface area contributed by atoms with E-state index in [1.807, 2.05) is 0 Å². The molecule has 0 aromatic carbocycles. The quantitative estimate of drug-likeness (QED) is 0.832. The van der Waals surface area contributed by atoms with Crippen LogP contribution in [0.4, 0.5) is 0 Å². The molecule has 0 amide bonds. The second-order valence-corrected chi connectivity index (χ2v) is 7.01. The minimum Gasteiger partial charge on any atom is -0.388 e. The SMILES string of the molecule is CCC1CCC(C#N)(C2(O)CCN3CCC2C3)CC1. The van der Waals surface area contributed by atoms with E-state index in [1.165, 1.54) is 6.42 Å². The van der Waals surface area contributed by atoms with Crippen LogP contribution in [0.5, 0.6) is 0 Å². The standard InChI is InChI=1S/C16H26N2O/c1-2-13-3-6-15(12-17,7-4-13)16(19)8-10-18-9-5-14(16)11-18/h13-14,19H,2-11H2,1H3. The first-order chi connectivity index (χ1) is 9.13. The van der Waals surface area contributed by atoms with Crippen molar-refractivity contribution in [1.29, 1.82) is 5.26 Å². The number of piperidine rings is 1. The van der Waals surface area contributed by atoms with Crippen molar-refractivity contribution in [3.05, 3.63) is 0 Å².